The third-order valence-corrected chi connectivity index (χ3v) is 6.37. The zero-order valence-corrected chi connectivity index (χ0v) is 18.8. The maximum Gasteiger partial charge on any atom is 0.280 e. The molecule has 0 spiro atoms. The minimum Gasteiger partial charge on any atom is -0.377 e. The summed E-state index contributed by atoms with van der Waals surface area (Å²) in [5, 5.41) is 8.88. The van der Waals surface area contributed by atoms with E-state index >= 15 is 0 Å². The third kappa shape index (κ3) is 3.15. The molecule has 9 nitrogen and oxygen atoms in total. The smallest absolute Gasteiger partial charge is 0.280 e. The van der Waals surface area contributed by atoms with Crippen molar-refractivity contribution in [3.63, 3.8) is 0 Å². The van der Waals surface area contributed by atoms with Crippen LogP contribution in [0.1, 0.15) is 45.6 Å². The van der Waals surface area contributed by atoms with E-state index in [4.69, 9.17) is 26.3 Å². The molecule has 0 saturated heterocycles. The Morgan fingerprint density at radius 2 is 2.03 bits per heavy atom. The van der Waals surface area contributed by atoms with Crippen molar-refractivity contribution in [2.75, 3.05) is 18.1 Å². The van der Waals surface area contributed by atoms with E-state index in [1.807, 2.05) is 43.3 Å². The van der Waals surface area contributed by atoms with Crippen LogP contribution in [0.2, 0.25) is 5.02 Å². The number of hydrogen-bond acceptors (Lipinski definition) is 6. The Bertz CT molecular complexity index is 1440. The molecule has 0 unspecified atom stereocenters. The van der Waals surface area contributed by atoms with Gasteiger partial charge in [0.25, 0.3) is 5.91 Å². The number of carbonyl (C=O) groups is 1. The van der Waals surface area contributed by atoms with Gasteiger partial charge in [-0.25, -0.2) is 14.6 Å². The first-order valence-electron chi connectivity index (χ1n) is 10.6. The fraction of sp³-hybridized carbons (Fsp3) is 0.261. The van der Waals surface area contributed by atoms with Crippen LogP contribution >= 0.6 is 11.6 Å². The number of nitrogens with one attached hydrogen (secondary N) is 1. The van der Waals surface area contributed by atoms with Crippen LogP contribution in [-0.2, 0) is 11.8 Å². The van der Waals surface area contributed by atoms with E-state index in [1.165, 1.54) is 0 Å². The van der Waals surface area contributed by atoms with Gasteiger partial charge in [0.15, 0.2) is 11.3 Å². The number of imidazole rings is 1. The van der Waals surface area contributed by atoms with E-state index < -0.39 is 6.04 Å². The van der Waals surface area contributed by atoms with Gasteiger partial charge in [-0.1, -0.05) is 35.0 Å². The first-order chi connectivity index (χ1) is 16.0. The topological polar surface area (TPSA) is 102 Å². The highest BCUT2D eigenvalue weighted by Gasteiger charge is 2.43. The summed E-state index contributed by atoms with van der Waals surface area (Å²) in [6.07, 6.45) is 2.76. The minimum absolute atomic E-state index is 0.207. The number of rotatable bonds is 3. The van der Waals surface area contributed by atoms with E-state index in [-0.39, 0.29) is 5.91 Å². The van der Waals surface area contributed by atoms with E-state index in [2.05, 4.69) is 15.3 Å². The number of anilines is 1. The normalized spacial score (nSPS) is 18.2. The summed E-state index contributed by atoms with van der Waals surface area (Å²) >= 11 is 6.15. The van der Waals surface area contributed by atoms with Crippen molar-refractivity contribution in [3.05, 3.63) is 69.8 Å². The van der Waals surface area contributed by atoms with Gasteiger partial charge in [0.2, 0.25) is 0 Å². The van der Waals surface area contributed by atoms with Crippen molar-refractivity contribution in [3.8, 4) is 0 Å². The van der Waals surface area contributed by atoms with Crippen LogP contribution in [0.15, 0.2) is 36.4 Å². The van der Waals surface area contributed by atoms with Gasteiger partial charge in [-0.2, -0.15) is 0 Å². The Hall–Kier alpha value is -3.56. The molecule has 6 rings (SSSR count). The lowest BCUT2D eigenvalue weighted by molar-refractivity contribution is 0.0988. The molecule has 0 bridgehead atoms. The van der Waals surface area contributed by atoms with Crippen molar-refractivity contribution in [1.82, 2.24) is 29.9 Å². The van der Waals surface area contributed by atoms with Crippen molar-refractivity contribution >= 4 is 40.1 Å². The molecule has 5 heterocycles. The first-order valence-corrected chi connectivity index (χ1v) is 11.0. The Morgan fingerprint density at radius 1 is 1.21 bits per heavy atom. The van der Waals surface area contributed by atoms with Crippen molar-refractivity contribution in [2.24, 2.45) is 7.05 Å². The van der Waals surface area contributed by atoms with Crippen LogP contribution in [0.25, 0.3) is 16.7 Å². The molecule has 4 aromatic rings. The van der Waals surface area contributed by atoms with Gasteiger partial charge in [-0.15, -0.1) is 5.10 Å². The lowest BCUT2D eigenvalue weighted by Crippen LogP contribution is -2.30. The summed E-state index contributed by atoms with van der Waals surface area (Å²) in [6, 6.07) is 8.94. The first kappa shape index (κ1) is 20.1. The number of H-pyrrole nitrogens is 1. The fourth-order valence-electron chi connectivity index (χ4n) is 4.46. The summed E-state index contributed by atoms with van der Waals surface area (Å²) < 4.78 is 7.03. The van der Waals surface area contributed by atoms with E-state index in [1.54, 1.807) is 16.6 Å². The van der Waals surface area contributed by atoms with E-state index in [0.29, 0.717) is 46.7 Å². The van der Waals surface area contributed by atoms with Crippen LogP contribution < -0.4 is 4.90 Å². The fourth-order valence-corrected chi connectivity index (χ4v) is 4.58. The minimum atomic E-state index is -0.419. The molecule has 0 radical (unpaired) electrons. The Kier molecular flexibility index (Phi) is 4.56. The lowest BCUT2D eigenvalue weighted by atomic mass is 10.0. The van der Waals surface area contributed by atoms with Crippen LogP contribution in [0.3, 0.4) is 0 Å². The van der Waals surface area contributed by atoms with Gasteiger partial charge < -0.3 is 9.72 Å². The molecule has 0 aliphatic carbocycles. The number of halogens is 1. The molecule has 0 fully saturated rings. The van der Waals surface area contributed by atoms with Crippen molar-refractivity contribution in [1.29, 1.82) is 0 Å². The number of nitrogens with zero attached hydrogens (tertiary/aromatic N) is 6. The van der Waals surface area contributed by atoms with Gasteiger partial charge >= 0.3 is 0 Å². The number of hydrogen-bond donors (Lipinski definition) is 1. The zero-order valence-electron chi connectivity index (χ0n) is 18.0. The molecule has 2 aliphatic heterocycles. The second-order valence-electron chi connectivity index (χ2n) is 8.21. The molecule has 0 saturated carbocycles. The number of aromatic nitrogens is 6. The Morgan fingerprint density at radius 3 is 2.79 bits per heavy atom. The van der Waals surface area contributed by atoms with E-state index in [9.17, 15) is 4.79 Å². The van der Waals surface area contributed by atoms with Gasteiger partial charge in [-0.05, 0) is 48.2 Å². The quantitative estimate of drug-likeness (QED) is 0.500. The molecule has 1 aromatic carbocycles. The molecule has 33 heavy (non-hydrogen) atoms. The van der Waals surface area contributed by atoms with Crippen LogP contribution in [0.4, 0.5) is 5.82 Å². The molecular formula is C23H20ClN7O2. The summed E-state index contributed by atoms with van der Waals surface area (Å²) in [4.78, 5) is 28.3. The molecule has 1 N–H and O–H groups in total. The van der Waals surface area contributed by atoms with Crippen LogP contribution in [-0.4, -0.2) is 49.1 Å². The number of ether oxygens (including phenoxy) is 1. The predicted octanol–water partition coefficient (Wildman–Crippen LogP) is 3.60. The van der Waals surface area contributed by atoms with Gasteiger partial charge in [0.1, 0.15) is 23.2 Å². The van der Waals surface area contributed by atoms with E-state index in [0.717, 1.165) is 28.8 Å². The molecule has 10 heteroatoms. The highest BCUT2D eigenvalue weighted by Crippen LogP contribution is 2.41. The van der Waals surface area contributed by atoms with Gasteiger partial charge in [-0.3, -0.25) is 9.69 Å². The molecular weight excluding hydrogens is 442 g/mol. The molecule has 1 amide bonds. The second kappa shape index (κ2) is 7.50. The SMILES string of the molecule is Cc1cc(N2C(=O)c3nc(C4=CCOCC4)[nH]c3[C@H]2c2ccc(Cl)cc2)nc2c1nnn2C. The molecule has 1 atom stereocenters. The van der Waals surface area contributed by atoms with Crippen LogP contribution in [0.5, 0.6) is 0 Å². The van der Waals surface area contributed by atoms with Crippen molar-refractivity contribution < 1.29 is 9.53 Å². The maximum absolute atomic E-state index is 13.7. The second-order valence-corrected chi connectivity index (χ2v) is 8.65. The zero-order chi connectivity index (χ0) is 22.7. The van der Waals surface area contributed by atoms with Gasteiger partial charge in [0.05, 0.1) is 18.9 Å². The number of carbonyl (C=O) groups excluding carboxylic acids is 1. The third-order valence-electron chi connectivity index (χ3n) is 6.12. The number of benzene rings is 1. The average Bonchev–Trinajstić information content (AvgIpc) is 3.49. The lowest BCUT2D eigenvalue weighted by Gasteiger charge is -2.25. The molecule has 2 aliphatic rings. The number of fused-ring (bicyclic) bond motifs is 2. The average molecular weight is 462 g/mol. The van der Waals surface area contributed by atoms with Crippen molar-refractivity contribution in [2.45, 2.75) is 19.4 Å². The number of aryl methyl sites for hydroxylation is 2. The molecule has 166 valence electrons. The summed E-state index contributed by atoms with van der Waals surface area (Å²) in [7, 11) is 1.78. The molecule has 3 aromatic heterocycles. The van der Waals surface area contributed by atoms with Gasteiger partial charge in [0, 0.05) is 12.1 Å². The summed E-state index contributed by atoms with van der Waals surface area (Å²) in [5.41, 5.74) is 5.33. The monoisotopic (exact) mass is 461 g/mol. The highest BCUT2D eigenvalue weighted by molar-refractivity contribution is 6.30. The predicted molar refractivity (Wildman–Crippen MR) is 123 cm³/mol. The summed E-state index contributed by atoms with van der Waals surface area (Å²) in [5.74, 6) is 1.03. The largest absolute Gasteiger partial charge is 0.377 e. The number of aromatic amines is 1. The summed E-state index contributed by atoms with van der Waals surface area (Å²) in [6.45, 7) is 3.12. The standard InChI is InChI=1S/C23H20ClN7O2/c1-12-11-16(25-22-17(12)28-29-30(22)2)31-20(13-3-5-15(24)6-4-13)18-19(23(31)32)27-21(26-18)14-7-9-33-10-8-14/h3-7,11,20H,8-10H2,1-2H3,(H,26,27)/t20-/m1/s1. The Labute approximate surface area is 194 Å². The number of amides is 1. The number of pyridine rings is 1. The highest BCUT2D eigenvalue weighted by atomic mass is 35.5. The Balaban J connectivity index is 1.52. The maximum atomic E-state index is 13.7. The van der Waals surface area contributed by atoms with Crippen LogP contribution in [0, 0.1) is 6.92 Å².